The largest absolute Gasteiger partial charge is 0.495 e. The Morgan fingerprint density at radius 3 is 2.89 bits per heavy atom. The lowest BCUT2D eigenvalue weighted by atomic mass is 9.98. The van der Waals surface area contributed by atoms with Gasteiger partial charge in [-0.3, -0.25) is 4.79 Å². The topological polar surface area (TPSA) is 74.3 Å². The van der Waals surface area contributed by atoms with Crippen molar-refractivity contribution in [1.29, 1.82) is 0 Å². The van der Waals surface area contributed by atoms with Gasteiger partial charge in [-0.25, -0.2) is 0 Å². The highest BCUT2D eigenvalue weighted by atomic mass is 16.5. The van der Waals surface area contributed by atoms with Gasteiger partial charge in [0.2, 0.25) is 0 Å². The highest BCUT2D eigenvalue weighted by molar-refractivity contribution is 6.35. The van der Waals surface area contributed by atoms with Crippen molar-refractivity contribution in [3.05, 3.63) is 53.4 Å². The van der Waals surface area contributed by atoms with Gasteiger partial charge in [0.05, 0.1) is 24.5 Å². The molecule has 0 fully saturated rings. The van der Waals surface area contributed by atoms with Crippen LogP contribution in [0.4, 0.5) is 5.69 Å². The van der Waals surface area contributed by atoms with Gasteiger partial charge in [0.1, 0.15) is 5.75 Å². The maximum atomic E-state index is 12.5. The first-order chi connectivity index (χ1) is 13.1. The van der Waals surface area contributed by atoms with Crippen LogP contribution in [0.25, 0.3) is 17.7 Å². The van der Waals surface area contributed by atoms with E-state index in [2.05, 4.69) is 17.2 Å². The van der Waals surface area contributed by atoms with E-state index < -0.39 is 6.10 Å². The molecule has 3 rings (SSSR count). The molecule has 1 aliphatic rings. The summed E-state index contributed by atoms with van der Waals surface area (Å²) in [6.07, 6.45) is 10.8. The molecule has 1 aromatic carbocycles. The second-order valence-electron chi connectivity index (χ2n) is 6.66. The molecular formula is C22H26N2O3. The molecule has 0 aliphatic carbocycles. The number of nitrogens with one attached hydrogen (secondary N) is 2. The summed E-state index contributed by atoms with van der Waals surface area (Å²) >= 11 is 0. The van der Waals surface area contributed by atoms with Crippen LogP contribution in [0.15, 0.2) is 36.5 Å². The molecular weight excluding hydrogens is 340 g/mol. The van der Waals surface area contributed by atoms with Crippen LogP contribution in [0.3, 0.4) is 0 Å². The number of hydrogen-bond donors (Lipinski definition) is 3. The first-order valence-corrected chi connectivity index (χ1v) is 9.38. The minimum atomic E-state index is -0.478. The number of H-pyrrole nitrogens is 1. The maximum Gasteiger partial charge on any atom is 0.256 e. The average Bonchev–Trinajstić information content (AvgIpc) is 3.24. The molecule has 0 unspecified atom stereocenters. The Hall–Kier alpha value is -2.79. The van der Waals surface area contributed by atoms with E-state index >= 15 is 0 Å². The zero-order chi connectivity index (χ0) is 19.2. The second-order valence-corrected chi connectivity index (χ2v) is 6.66. The Kier molecular flexibility index (Phi) is 6.14. The summed E-state index contributed by atoms with van der Waals surface area (Å²) in [7, 11) is 1.60. The Bertz CT molecular complexity index is 864. The van der Waals surface area contributed by atoms with Gasteiger partial charge in [0.25, 0.3) is 5.91 Å². The first-order valence-electron chi connectivity index (χ1n) is 9.38. The van der Waals surface area contributed by atoms with Crippen LogP contribution in [-0.2, 0) is 4.79 Å². The predicted molar refractivity (Wildman–Crippen MR) is 109 cm³/mol. The molecule has 1 aromatic heterocycles. The number of rotatable bonds is 8. The number of aliphatic hydroxyl groups is 1. The monoisotopic (exact) mass is 366 g/mol. The van der Waals surface area contributed by atoms with Crippen LogP contribution < -0.4 is 10.1 Å². The standard InChI is InChI=1S/C22H26N2O3/c1-3-4-5-8-16(25)11-10-15-7-6-9-18-21(15)17(22(26)24-18)14-19-20(27-2)12-13-23-19/h6-7,9-14,16,23,25H,3-5,8H2,1-2H3,(H,24,26)/b11-10?,17-14-/t16-/m1/s1. The number of benzene rings is 1. The van der Waals surface area contributed by atoms with Gasteiger partial charge in [0.15, 0.2) is 0 Å². The first kappa shape index (κ1) is 19.0. The van der Waals surface area contributed by atoms with Crippen LogP contribution in [-0.4, -0.2) is 29.2 Å². The second kappa shape index (κ2) is 8.73. The summed E-state index contributed by atoms with van der Waals surface area (Å²) < 4.78 is 5.32. The lowest BCUT2D eigenvalue weighted by molar-refractivity contribution is -0.110. The molecule has 5 heteroatoms. The molecule has 1 aliphatic heterocycles. The number of aliphatic hydroxyl groups excluding tert-OH is 1. The zero-order valence-electron chi connectivity index (χ0n) is 15.8. The number of carbonyl (C=O) groups is 1. The summed E-state index contributed by atoms with van der Waals surface area (Å²) in [6, 6.07) is 7.56. The summed E-state index contributed by atoms with van der Waals surface area (Å²) in [4.78, 5) is 15.6. The lowest BCUT2D eigenvalue weighted by Crippen LogP contribution is -2.03. The molecule has 1 amide bonds. The van der Waals surface area contributed by atoms with Gasteiger partial charge in [-0.05, 0) is 30.2 Å². The zero-order valence-corrected chi connectivity index (χ0v) is 15.8. The summed E-state index contributed by atoms with van der Waals surface area (Å²) in [6.45, 7) is 2.15. The molecule has 0 bridgehead atoms. The van der Waals surface area contributed by atoms with Crippen molar-refractivity contribution in [2.24, 2.45) is 0 Å². The average molecular weight is 366 g/mol. The van der Waals surface area contributed by atoms with Crippen molar-refractivity contribution in [1.82, 2.24) is 4.98 Å². The fourth-order valence-corrected chi connectivity index (χ4v) is 3.27. The predicted octanol–water partition coefficient (Wildman–Crippen LogP) is 4.47. The Balaban J connectivity index is 1.90. The number of anilines is 1. The van der Waals surface area contributed by atoms with Crippen molar-refractivity contribution in [3.8, 4) is 5.75 Å². The Morgan fingerprint density at radius 1 is 1.26 bits per heavy atom. The van der Waals surface area contributed by atoms with Crippen LogP contribution in [0.1, 0.15) is 49.4 Å². The lowest BCUT2D eigenvalue weighted by Gasteiger charge is -2.07. The maximum absolute atomic E-state index is 12.5. The van der Waals surface area contributed by atoms with Crippen molar-refractivity contribution >= 4 is 29.3 Å². The number of methoxy groups -OCH3 is 1. The van der Waals surface area contributed by atoms with Gasteiger partial charge in [-0.15, -0.1) is 0 Å². The van der Waals surface area contributed by atoms with Crippen molar-refractivity contribution in [2.75, 3.05) is 12.4 Å². The number of amides is 1. The van der Waals surface area contributed by atoms with Crippen LogP contribution in [0.5, 0.6) is 5.75 Å². The number of unbranched alkanes of at least 4 members (excludes halogenated alkanes) is 2. The number of ether oxygens (including phenoxy) is 1. The minimum absolute atomic E-state index is 0.147. The van der Waals surface area contributed by atoms with Gasteiger partial charge in [-0.2, -0.15) is 0 Å². The molecule has 5 nitrogen and oxygen atoms in total. The van der Waals surface area contributed by atoms with Gasteiger partial charge < -0.3 is 20.1 Å². The number of aromatic nitrogens is 1. The van der Waals surface area contributed by atoms with E-state index in [0.717, 1.165) is 48.2 Å². The molecule has 142 valence electrons. The van der Waals surface area contributed by atoms with Crippen molar-refractivity contribution in [2.45, 2.75) is 38.7 Å². The molecule has 0 saturated carbocycles. The number of aromatic amines is 1. The third kappa shape index (κ3) is 4.31. The van der Waals surface area contributed by atoms with Crippen LogP contribution >= 0.6 is 0 Å². The number of carbonyl (C=O) groups excluding carboxylic acids is 1. The summed E-state index contributed by atoms with van der Waals surface area (Å²) in [5.74, 6) is 0.536. The number of fused-ring (bicyclic) bond motifs is 1. The molecule has 0 saturated heterocycles. The van der Waals surface area contributed by atoms with Gasteiger partial charge in [-0.1, -0.05) is 50.5 Å². The third-order valence-electron chi connectivity index (χ3n) is 4.71. The van der Waals surface area contributed by atoms with E-state index in [1.54, 1.807) is 25.5 Å². The summed E-state index contributed by atoms with van der Waals surface area (Å²) in [5.41, 5.74) is 3.84. The van der Waals surface area contributed by atoms with E-state index in [1.165, 1.54) is 0 Å². The molecule has 0 spiro atoms. The fourth-order valence-electron chi connectivity index (χ4n) is 3.27. The third-order valence-corrected chi connectivity index (χ3v) is 4.71. The Morgan fingerprint density at radius 2 is 2.11 bits per heavy atom. The van der Waals surface area contributed by atoms with E-state index in [0.29, 0.717) is 11.3 Å². The highest BCUT2D eigenvalue weighted by Crippen LogP contribution is 2.37. The Labute approximate surface area is 159 Å². The van der Waals surface area contributed by atoms with Gasteiger partial charge in [0, 0.05) is 17.4 Å². The minimum Gasteiger partial charge on any atom is -0.495 e. The quantitative estimate of drug-likeness (QED) is 0.477. The van der Waals surface area contributed by atoms with Gasteiger partial charge >= 0.3 is 0 Å². The molecule has 2 heterocycles. The molecule has 3 N–H and O–H groups in total. The normalized spacial score (nSPS) is 16.0. The number of hydrogen-bond acceptors (Lipinski definition) is 3. The van der Waals surface area contributed by atoms with E-state index in [1.807, 2.05) is 30.3 Å². The van der Waals surface area contributed by atoms with E-state index in [-0.39, 0.29) is 5.91 Å². The van der Waals surface area contributed by atoms with Crippen molar-refractivity contribution < 1.29 is 14.6 Å². The van der Waals surface area contributed by atoms with E-state index in [9.17, 15) is 9.90 Å². The molecule has 2 aromatic rings. The van der Waals surface area contributed by atoms with E-state index in [4.69, 9.17) is 4.74 Å². The molecule has 0 radical (unpaired) electrons. The fraction of sp³-hybridized carbons (Fsp3) is 0.318. The van der Waals surface area contributed by atoms with Crippen molar-refractivity contribution in [3.63, 3.8) is 0 Å². The highest BCUT2D eigenvalue weighted by Gasteiger charge is 2.26. The smallest absolute Gasteiger partial charge is 0.256 e. The molecule has 1 atom stereocenters. The molecule has 27 heavy (non-hydrogen) atoms. The summed E-state index contributed by atoms with van der Waals surface area (Å²) in [5, 5.41) is 13.1. The van der Waals surface area contributed by atoms with Crippen LogP contribution in [0.2, 0.25) is 0 Å². The van der Waals surface area contributed by atoms with Crippen LogP contribution in [0, 0.1) is 0 Å². The SMILES string of the molecule is CCCCC[C@@H](O)C=Cc1cccc2c1/C(=C/c1[nH]ccc1OC)C(=O)N2.